The zero-order valence-electron chi connectivity index (χ0n) is 17.7. The highest BCUT2D eigenvalue weighted by atomic mass is 32.2. The fraction of sp³-hybridized carbons (Fsp3) is 0.167. The maximum absolute atomic E-state index is 12.7. The number of hydrogen-bond donors (Lipinski definition) is 0. The Morgan fingerprint density at radius 3 is 2.41 bits per heavy atom. The summed E-state index contributed by atoms with van der Waals surface area (Å²) in [4.78, 5) is 0.980. The normalized spacial score (nSPS) is 16.4. The van der Waals surface area contributed by atoms with Gasteiger partial charge in [-0.2, -0.15) is 14.6 Å². The average Bonchev–Trinajstić information content (AvgIpc) is 3.52. The molecule has 0 N–H and O–H groups in total. The Morgan fingerprint density at radius 1 is 1.00 bits per heavy atom. The molecule has 5 rings (SSSR count). The maximum Gasteiger partial charge on any atom is 0.247 e. The number of nitrogens with zero attached hydrogens (tertiary/aromatic N) is 4. The standard InChI is InChI=1S/C24H22N4O2S2/c1-17-10-12-18(13-11-17)24-20(16-27(26-24)19-7-4-3-5-8-19)22-15-21(23-9-6-14-31-23)25-28(22)32(2,29)30/h3-14,16,22H,15H2,1-2H3/t22-/m1/s1. The molecule has 0 saturated carbocycles. The number of aryl methyl sites for hydroxylation is 1. The molecular formula is C24H22N4O2S2. The van der Waals surface area contributed by atoms with E-state index >= 15 is 0 Å². The van der Waals surface area contributed by atoms with E-state index in [1.54, 1.807) is 11.3 Å². The van der Waals surface area contributed by atoms with Crippen molar-refractivity contribution in [3.8, 4) is 16.9 Å². The van der Waals surface area contributed by atoms with E-state index in [0.717, 1.165) is 38.7 Å². The molecule has 2 aromatic carbocycles. The van der Waals surface area contributed by atoms with Gasteiger partial charge < -0.3 is 0 Å². The number of sulfonamides is 1. The van der Waals surface area contributed by atoms with Crippen molar-refractivity contribution in [3.05, 3.63) is 94.3 Å². The first-order valence-corrected chi connectivity index (χ1v) is 13.0. The van der Waals surface area contributed by atoms with E-state index < -0.39 is 16.1 Å². The predicted octanol–water partition coefficient (Wildman–Crippen LogP) is 5.02. The summed E-state index contributed by atoms with van der Waals surface area (Å²) >= 11 is 1.56. The summed E-state index contributed by atoms with van der Waals surface area (Å²) in [7, 11) is -3.57. The van der Waals surface area contributed by atoms with E-state index in [-0.39, 0.29) is 0 Å². The molecule has 1 aliphatic heterocycles. The van der Waals surface area contributed by atoms with Crippen LogP contribution < -0.4 is 0 Å². The smallest absolute Gasteiger partial charge is 0.240 e. The molecule has 2 aromatic heterocycles. The van der Waals surface area contributed by atoms with Crippen molar-refractivity contribution in [3.63, 3.8) is 0 Å². The molecule has 1 atom stereocenters. The summed E-state index contributed by atoms with van der Waals surface area (Å²) in [6.45, 7) is 2.04. The van der Waals surface area contributed by atoms with Crippen LogP contribution in [0.25, 0.3) is 16.9 Å². The van der Waals surface area contributed by atoms with E-state index in [1.165, 1.54) is 10.7 Å². The first-order valence-electron chi connectivity index (χ1n) is 10.2. The molecule has 0 bridgehead atoms. The van der Waals surface area contributed by atoms with Crippen molar-refractivity contribution in [1.29, 1.82) is 0 Å². The number of benzene rings is 2. The van der Waals surface area contributed by atoms with Crippen LogP contribution in [0.2, 0.25) is 0 Å². The van der Waals surface area contributed by atoms with Gasteiger partial charge in [-0.05, 0) is 30.5 Å². The molecule has 0 saturated heterocycles. The number of para-hydroxylation sites is 1. The van der Waals surface area contributed by atoms with E-state index in [1.807, 2.05) is 89.9 Å². The van der Waals surface area contributed by atoms with Gasteiger partial charge in [0.05, 0.1) is 34.3 Å². The minimum atomic E-state index is -3.57. The van der Waals surface area contributed by atoms with Crippen molar-refractivity contribution in [1.82, 2.24) is 14.2 Å². The van der Waals surface area contributed by atoms with Crippen molar-refractivity contribution in [2.24, 2.45) is 5.10 Å². The molecule has 0 fully saturated rings. The Hall–Kier alpha value is -3.23. The fourth-order valence-electron chi connectivity index (χ4n) is 3.90. The van der Waals surface area contributed by atoms with E-state index in [2.05, 4.69) is 5.10 Å². The van der Waals surface area contributed by atoms with Crippen LogP contribution in [-0.4, -0.2) is 34.6 Å². The molecule has 3 heterocycles. The zero-order valence-corrected chi connectivity index (χ0v) is 19.3. The number of aromatic nitrogens is 2. The van der Waals surface area contributed by atoms with Crippen LogP contribution in [0.15, 0.2) is 83.4 Å². The Labute approximate surface area is 191 Å². The molecule has 0 radical (unpaired) electrons. The number of hydrogen-bond acceptors (Lipinski definition) is 5. The molecule has 8 heteroatoms. The van der Waals surface area contributed by atoms with Crippen LogP contribution in [0.5, 0.6) is 0 Å². The molecule has 0 spiro atoms. The van der Waals surface area contributed by atoms with E-state index in [4.69, 9.17) is 5.10 Å². The fourth-order valence-corrected chi connectivity index (χ4v) is 5.52. The zero-order chi connectivity index (χ0) is 22.3. The third kappa shape index (κ3) is 3.87. The summed E-state index contributed by atoms with van der Waals surface area (Å²) in [6.07, 6.45) is 3.63. The SMILES string of the molecule is Cc1ccc(-c2nn(-c3ccccc3)cc2[C@H]2CC(c3cccs3)=NN2S(C)(=O)=O)cc1. The second-order valence-corrected chi connectivity index (χ2v) is 10.6. The highest BCUT2D eigenvalue weighted by Gasteiger charge is 2.37. The number of thiophene rings is 1. The van der Waals surface area contributed by atoms with Gasteiger partial charge >= 0.3 is 0 Å². The topological polar surface area (TPSA) is 67.6 Å². The molecule has 32 heavy (non-hydrogen) atoms. The second kappa shape index (κ2) is 8.03. The first kappa shape index (κ1) is 20.7. The number of rotatable bonds is 5. The Bertz CT molecular complexity index is 1370. The summed E-state index contributed by atoms with van der Waals surface area (Å²) in [5, 5.41) is 11.4. The van der Waals surface area contributed by atoms with E-state index in [0.29, 0.717) is 6.42 Å². The molecule has 0 aliphatic carbocycles. The van der Waals surface area contributed by atoms with Crippen molar-refractivity contribution < 1.29 is 8.42 Å². The lowest BCUT2D eigenvalue weighted by atomic mass is 9.98. The first-order chi connectivity index (χ1) is 15.4. The summed E-state index contributed by atoms with van der Waals surface area (Å²) in [6, 6.07) is 21.4. The van der Waals surface area contributed by atoms with E-state index in [9.17, 15) is 8.42 Å². The van der Waals surface area contributed by atoms with Gasteiger partial charge in [-0.15, -0.1) is 11.3 Å². The minimum absolute atomic E-state index is 0.462. The van der Waals surface area contributed by atoms with Gasteiger partial charge in [0, 0.05) is 23.7 Å². The van der Waals surface area contributed by atoms with Gasteiger partial charge in [-0.1, -0.05) is 54.1 Å². The maximum atomic E-state index is 12.7. The summed E-state index contributed by atoms with van der Waals surface area (Å²) in [5.74, 6) is 0. The quantitative estimate of drug-likeness (QED) is 0.418. The molecule has 162 valence electrons. The lowest BCUT2D eigenvalue weighted by Gasteiger charge is -2.21. The van der Waals surface area contributed by atoms with Gasteiger partial charge in [0.15, 0.2) is 0 Å². The van der Waals surface area contributed by atoms with Crippen LogP contribution in [0.1, 0.15) is 28.5 Å². The molecule has 1 aliphatic rings. The molecule has 0 amide bonds. The van der Waals surface area contributed by atoms with Gasteiger partial charge in [0.2, 0.25) is 10.0 Å². The molecule has 0 unspecified atom stereocenters. The number of hydrazone groups is 1. The summed E-state index contributed by atoms with van der Waals surface area (Å²) < 4.78 is 28.4. The van der Waals surface area contributed by atoms with Crippen molar-refractivity contribution in [2.75, 3.05) is 6.26 Å². The van der Waals surface area contributed by atoms with Gasteiger partial charge in [-0.3, -0.25) is 0 Å². The molecular weight excluding hydrogens is 440 g/mol. The van der Waals surface area contributed by atoms with Crippen LogP contribution in [-0.2, 0) is 10.0 Å². The Kier molecular flexibility index (Phi) is 5.19. The van der Waals surface area contributed by atoms with Crippen LogP contribution >= 0.6 is 11.3 Å². The Morgan fingerprint density at radius 2 is 1.75 bits per heavy atom. The lowest BCUT2D eigenvalue weighted by molar-refractivity contribution is 0.375. The van der Waals surface area contributed by atoms with Crippen LogP contribution in [0.3, 0.4) is 0 Å². The third-order valence-electron chi connectivity index (χ3n) is 5.47. The lowest BCUT2D eigenvalue weighted by Crippen LogP contribution is -2.26. The molecule has 4 aromatic rings. The summed E-state index contributed by atoms with van der Waals surface area (Å²) in [5.41, 5.74) is 5.37. The minimum Gasteiger partial charge on any atom is -0.240 e. The second-order valence-electron chi connectivity index (χ2n) is 7.86. The van der Waals surface area contributed by atoms with Gasteiger partial charge in [-0.25, -0.2) is 13.1 Å². The van der Waals surface area contributed by atoms with Crippen LogP contribution in [0, 0.1) is 6.92 Å². The van der Waals surface area contributed by atoms with Crippen LogP contribution in [0.4, 0.5) is 0 Å². The highest BCUT2D eigenvalue weighted by Crippen LogP contribution is 2.40. The predicted molar refractivity (Wildman–Crippen MR) is 129 cm³/mol. The molecule has 6 nitrogen and oxygen atoms in total. The highest BCUT2D eigenvalue weighted by molar-refractivity contribution is 7.88. The Balaban J connectivity index is 1.66. The van der Waals surface area contributed by atoms with Crippen molar-refractivity contribution >= 4 is 27.1 Å². The van der Waals surface area contributed by atoms with Gasteiger partial charge in [0.25, 0.3) is 0 Å². The van der Waals surface area contributed by atoms with Crippen molar-refractivity contribution in [2.45, 2.75) is 19.4 Å². The largest absolute Gasteiger partial charge is 0.247 e. The third-order valence-corrected chi connectivity index (χ3v) is 7.40. The monoisotopic (exact) mass is 462 g/mol. The van der Waals surface area contributed by atoms with Gasteiger partial charge in [0.1, 0.15) is 0 Å². The average molecular weight is 463 g/mol.